The number of hydrogen-bond acceptors (Lipinski definition) is 1. The minimum absolute atomic E-state index is 0.867. The Morgan fingerprint density at radius 1 is 0.682 bits per heavy atom. The second-order valence-corrected chi connectivity index (χ2v) is 9.16. The zero-order chi connectivity index (χ0) is 14.5. The van der Waals surface area contributed by atoms with Gasteiger partial charge in [0.05, 0.1) is 0 Å². The van der Waals surface area contributed by atoms with E-state index in [2.05, 4.69) is 17.5 Å². The first kappa shape index (κ1) is 14.1. The van der Waals surface area contributed by atoms with Gasteiger partial charge in [-0.05, 0) is 99.3 Å². The minimum atomic E-state index is 0.867. The third-order valence-electron chi connectivity index (χ3n) is 8.40. The molecule has 8 unspecified atom stereocenters. The summed E-state index contributed by atoms with van der Waals surface area (Å²) in [6, 6.07) is 0.867. The molecule has 1 heterocycles. The Morgan fingerprint density at radius 2 is 1.55 bits per heavy atom. The van der Waals surface area contributed by atoms with E-state index in [0.717, 1.165) is 47.5 Å². The molecule has 8 atom stereocenters. The normalized spacial score (nSPS) is 53.8. The highest BCUT2D eigenvalue weighted by Crippen LogP contribution is 2.55. The van der Waals surface area contributed by atoms with Crippen LogP contribution in [0.25, 0.3) is 0 Å². The summed E-state index contributed by atoms with van der Waals surface area (Å²) in [7, 11) is 0. The summed E-state index contributed by atoms with van der Waals surface area (Å²) in [6.07, 6.45) is 20.6. The summed E-state index contributed by atoms with van der Waals surface area (Å²) in [5, 5.41) is 3.86. The highest BCUT2D eigenvalue weighted by Gasteiger charge is 2.47. The standard InChI is InChI=1S/C21H33N/c1-2-4-17-14(3-1)7-10-19-18(17)9-8-15-5-6-16-11-12-22-21(16)13-20(15)19/h7,10,14-22H,1-6,8-9,11-13H2. The number of fused-ring (bicyclic) bond motifs is 6. The molecule has 0 bridgehead atoms. The van der Waals surface area contributed by atoms with Crippen molar-refractivity contribution in [3.63, 3.8) is 0 Å². The van der Waals surface area contributed by atoms with E-state index >= 15 is 0 Å². The van der Waals surface area contributed by atoms with Crippen molar-refractivity contribution in [2.75, 3.05) is 6.54 Å². The van der Waals surface area contributed by atoms with Crippen LogP contribution < -0.4 is 5.32 Å². The van der Waals surface area contributed by atoms with Crippen LogP contribution in [0.15, 0.2) is 12.2 Å². The molecule has 1 nitrogen and oxygen atoms in total. The smallest absolute Gasteiger partial charge is 0.00987 e. The Balaban J connectivity index is 1.41. The van der Waals surface area contributed by atoms with Gasteiger partial charge in [-0.2, -0.15) is 0 Å². The van der Waals surface area contributed by atoms with Gasteiger partial charge in [-0.25, -0.2) is 0 Å². The summed E-state index contributed by atoms with van der Waals surface area (Å²) in [5.41, 5.74) is 0. The van der Waals surface area contributed by atoms with Crippen molar-refractivity contribution in [3.8, 4) is 0 Å². The average molecular weight is 300 g/mol. The molecule has 0 radical (unpaired) electrons. The Morgan fingerprint density at radius 3 is 2.55 bits per heavy atom. The molecule has 122 valence electrons. The van der Waals surface area contributed by atoms with Crippen LogP contribution in [0.2, 0.25) is 0 Å². The number of hydrogen-bond donors (Lipinski definition) is 1. The van der Waals surface area contributed by atoms with E-state index in [4.69, 9.17) is 0 Å². The largest absolute Gasteiger partial charge is 0.314 e. The molecular formula is C21H33N. The van der Waals surface area contributed by atoms with E-state index in [1.54, 1.807) is 19.3 Å². The SMILES string of the molecule is C1=CC2C3CC4NCCC4CCC3CCC2C2CCCCC12. The van der Waals surface area contributed by atoms with E-state index in [1.807, 2.05) is 0 Å². The van der Waals surface area contributed by atoms with Crippen LogP contribution in [-0.4, -0.2) is 12.6 Å². The summed E-state index contributed by atoms with van der Waals surface area (Å²) >= 11 is 0. The van der Waals surface area contributed by atoms with E-state index in [9.17, 15) is 0 Å². The molecule has 4 fully saturated rings. The summed E-state index contributed by atoms with van der Waals surface area (Å²) in [4.78, 5) is 0. The van der Waals surface area contributed by atoms with Gasteiger partial charge in [0, 0.05) is 6.04 Å². The van der Waals surface area contributed by atoms with Crippen LogP contribution in [0.4, 0.5) is 0 Å². The molecule has 1 saturated heterocycles. The fraction of sp³-hybridized carbons (Fsp3) is 0.905. The monoisotopic (exact) mass is 299 g/mol. The fourth-order valence-electron chi connectivity index (χ4n) is 7.33. The van der Waals surface area contributed by atoms with Gasteiger partial charge in [-0.1, -0.05) is 25.0 Å². The van der Waals surface area contributed by atoms with E-state index in [-0.39, 0.29) is 0 Å². The van der Waals surface area contributed by atoms with Gasteiger partial charge in [0.15, 0.2) is 0 Å². The minimum Gasteiger partial charge on any atom is -0.314 e. The van der Waals surface area contributed by atoms with Crippen LogP contribution in [0, 0.1) is 41.4 Å². The zero-order valence-corrected chi connectivity index (χ0v) is 14.1. The first-order valence-corrected chi connectivity index (χ1v) is 10.3. The van der Waals surface area contributed by atoms with Crippen molar-refractivity contribution >= 4 is 0 Å². The van der Waals surface area contributed by atoms with E-state index in [1.165, 1.54) is 51.5 Å². The lowest BCUT2D eigenvalue weighted by atomic mass is 9.55. The Bertz CT molecular complexity index is 441. The lowest BCUT2D eigenvalue weighted by Crippen LogP contribution is -2.43. The topological polar surface area (TPSA) is 12.0 Å². The van der Waals surface area contributed by atoms with Gasteiger partial charge in [0.25, 0.3) is 0 Å². The molecule has 0 aromatic rings. The molecule has 3 saturated carbocycles. The predicted molar refractivity (Wildman–Crippen MR) is 91.5 cm³/mol. The molecule has 1 aliphatic heterocycles. The van der Waals surface area contributed by atoms with Gasteiger partial charge in [0.2, 0.25) is 0 Å². The first-order chi connectivity index (χ1) is 10.9. The Hall–Kier alpha value is -0.300. The molecule has 0 aromatic heterocycles. The summed E-state index contributed by atoms with van der Waals surface area (Å²) < 4.78 is 0. The second kappa shape index (κ2) is 5.65. The van der Waals surface area contributed by atoms with Crippen molar-refractivity contribution in [2.45, 2.75) is 70.3 Å². The van der Waals surface area contributed by atoms with Crippen LogP contribution in [0.3, 0.4) is 0 Å². The lowest BCUT2D eigenvalue weighted by molar-refractivity contribution is 0.0336. The third kappa shape index (κ3) is 2.22. The number of nitrogens with one attached hydrogen (secondary N) is 1. The average Bonchev–Trinajstić information content (AvgIpc) is 2.93. The van der Waals surface area contributed by atoms with Crippen molar-refractivity contribution in [3.05, 3.63) is 12.2 Å². The maximum Gasteiger partial charge on any atom is 0.00987 e. The fourth-order valence-corrected chi connectivity index (χ4v) is 7.33. The van der Waals surface area contributed by atoms with Crippen LogP contribution in [-0.2, 0) is 0 Å². The van der Waals surface area contributed by atoms with Crippen molar-refractivity contribution < 1.29 is 0 Å². The Kier molecular flexibility index (Phi) is 3.62. The second-order valence-electron chi connectivity index (χ2n) is 9.16. The van der Waals surface area contributed by atoms with E-state index < -0.39 is 0 Å². The maximum absolute atomic E-state index is 3.86. The quantitative estimate of drug-likeness (QED) is 0.635. The van der Waals surface area contributed by atoms with Gasteiger partial charge >= 0.3 is 0 Å². The maximum atomic E-state index is 3.86. The molecule has 1 heteroatoms. The molecular weight excluding hydrogens is 266 g/mol. The number of rotatable bonds is 0. The predicted octanol–water partition coefficient (Wildman–Crippen LogP) is 4.78. The molecule has 1 N–H and O–H groups in total. The van der Waals surface area contributed by atoms with Crippen molar-refractivity contribution in [1.29, 1.82) is 0 Å². The third-order valence-corrected chi connectivity index (χ3v) is 8.40. The van der Waals surface area contributed by atoms with Crippen LogP contribution in [0.5, 0.6) is 0 Å². The van der Waals surface area contributed by atoms with Crippen LogP contribution in [0.1, 0.15) is 64.2 Å². The van der Waals surface area contributed by atoms with Gasteiger partial charge in [-0.15, -0.1) is 0 Å². The lowest BCUT2D eigenvalue weighted by Gasteiger charge is -2.50. The van der Waals surface area contributed by atoms with Crippen molar-refractivity contribution in [1.82, 2.24) is 5.32 Å². The summed E-state index contributed by atoms with van der Waals surface area (Å²) in [5.74, 6) is 7.08. The van der Waals surface area contributed by atoms with Crippen LogP contribution >= 0.6 is 0 Å². The zero-order valence-electron chi connectivity index (χ0n) is 14.1. The van der Waals surface area contributed by atoms with E-state index in [0.29, 0.717) is 0 Å². The molecule has 5 aliphatic rings. The van der Waals surface area contributed by atoms with Crippen molar-refractivity contribution in [2.24, 2.45) is 41.4 Å². The Labute approximate surface area is 136 Å². The highest BCUT2D eigenvalue weighted by molar-refractivity contribution is 5.11. The first-order valence-electron chi connectivity index (χ1n) is 10.3. The molecule has 4 aliphatic carbocycles. The van der Waals surface area contributed by atoms with Gasteiger partial charge in [-0.3, -0.25) is 0 Å². The number of allylic oxidation sites excluding steroid dienone is 2. The molecule has 5 rings (SSSR count). The van der Waals surface area contributed by atoms with Gasteiger partial charge < -0.3 is 5.32 Å². The summed E-state index contributed by atoms with van der Waals surface area (Å²) in [6.45, 7) is 1.29. The molecule has 0 aromatic carbocycles. The van der Waals surface area contributed by atoms with Gasteiger partial charge in [0.1, 0.15) is 0 Å². The molecule has 0 amide bonds. The molecule has 0 spiro atoms. The highest BCUT2D eigenvalue weighted by atomic mass is 15.0. The molecule has 22 heavy (non-hydrogen) atoms.